The highest BCUT2D eigenvalue weighted by atomic mass is 16.3. The van der Waals surface area contributed by atoms with Gasteiger partial charge in [-0.3, -0.25) is 4.98 Å². The van der Waals surface area contributed by atoms with Gasteiger partial charge in [-0.25, -0.2) is 4.98 Å². The van der Waals surface area contributed by atoms with Crippen LogP contribution in [0.5, 0.6) is 0 Å². The summed E-state index contributed by atoms with van der Waals surface area (Å²) in [6.07, 6.45) is 6.50. The summed E-state index contributed by atoms with van der Waals surface area (Å²) < 4.78 is 5.17. The maximum atomic E-state index is 5.55. The van der Waals surface area contributed by atoms with Gasteiger partial charge in [-0.15, -0.1) is 0 Å². The number of aromatic nitrogens is 2. The highest BCUT2D eigenvalue weighted by Crippen LogP contribution is 2.21. The number of rotatable bonds is 2. The summed E-state index contributed by atoms with van der Waals surface area (Å²) in [5, 5.41) is 0. The lowest BCUT2D eigenvalue weighted by Crippen LogP contribution is -1.98. The Morgan fingerprint density at radius 1 is 1.31 bits per heavy atom. The maximum absolute atomic E-state index is 5.55. The van der Waals surface area contributed by atoms with Crippen molar-refractivity contribution in [3.63, 3.8) is 0 Å². The molecule has 13 heavy (non-hydrogen) atoms. The van der Waals surface area contributed by atoms with Crippen LogP contribution in [0.15, 0.2) is 35.5 Å². The predicted molar refractivity (Wildman–Crippen MR) is 47.6 cm³/mol. The number of pyridine rings is 1. The average molecular weight is 175 g/mol. The van der Waals surface area contributed by atoms with E-state index < -0.39 is 0 Å². The lowest BCUT2D eigenvalue weighted by atomic mass is 10.1. The molecule has 66 valence electrons. The summed E-state index contributed by atoms with van der Waals surface area (Å²) in [6.45, 7) is 0.448. The van der Waals surface area contributed by atoms with Crippen LogP contribution in [-0.4, -0.2) is 9.97 Å². The summed E-state index contributed by atoms with van der Waals surface area (Å²) in [7, 11) is 0. The van der Waals surface area contributed by atoms with E-state index in [0.717, 1.165) is 16.9 Å². The molecule has 0 atom stereocenters. The molecule has 0 bridgehead atoms. The van der Waals surface area contributed by atoms with Crippen molar-refractivity contribution in [1.29, 1.82) is 0 Å². The van der Waals surface area contributed by atoms with Gasteiger partial charge in [0, 0.05) is 24.5 Å². The third kappa shape index (κ3) is 1.43. The van der Waals surface area contributed by atoms with Crippen molar-refractivity contribution in [3.8, 4) is 11.3 Å². The van der Waals surface area contributed by atoms with Crippen LogP contribution in [0.2, 0.25) is 0 Å². The number of nitrogens with zero attached hydrogens (tertiary/aromatic N) is 2. The first-order valence-electron chi connectivity index (χ1n) is 3.93. The van der Waals surface area contributed by atoms with Crippen molar-refractivity contribution >= 4 is 0 Å². The maximum Gasteiger partial charge on any atom is 0.181 e. The monoisotopic (exact) mass is 175 g/mol. The van der Waals surface area contributed by atoms with Crippen LogP contribution < -0.4 is 5.73 Å². The summed E-state index contributed by atoms with van der Waals surface area (Å²) in [6, 6.07) is 1.86. The highest BCUT2D eigenvalue weighted by molar-refractivity contribution is 5.59. The minimum absolute atomic E-state index is 0.448. The van der Waals surface area contributed by atoms with E-state index in [0.29, 0.717) is 6.54 Å². The van der Waals surface area contributed by atoms with Gasteiger partial charge in [0.05, 0.1) is 6.20 Å². The van der Waals surface area contributed by atoms with Gasteiger partial charge in [-0.1, -0.05) is 0 Å². The number of hydrogen-bond donors (Lipinski definition) is 1. The number of hydrogen-bond acceptors (Lipinski definition) is 4. The van der Waals surface area contributed by atoms with E-state index in [4.69, 9.17) is 10.2 Å². The molecule has 0 radical (unpaired) electrons. The van der Waals surface area contributed by atoms with Gasteiger partial charge in [0.2, 0.25) is 0 Å². The van der Waals surface area contributed by atoms with E-state index in [9.17, 15) is 0 Å². The van der Waals surface area contributed by atoms with Crippen LogP contribution >= 0.6 is 0 Å². The van der Waals surface area contributed by atoms with Crippen LogP contribution in [0.3, 0.4) is 0 Å². The van der Waals surface area contributed by atoms with Gasteiger partial charge < -0.3 is 10.2 Å². The summed E-state index contributed by atoms with van der Waals surface area (Å²) >= 11 is 0. The molecule has 0 aliphatic carbocycles. The third-order valence-electron chi connectivity index (χ3n) is 1.82. The van der Waals surface area contributed by atoms with Gasteiger partial charge in [-0.2, -0.15) is 0 Å². The standard InChI is InChI=1S/C9H9N3O/c10-3-7-4-11-2-1-8(7)9-5-12-6-13-9/h1-2,4-6H,3,10H2. The fraction of sp³-hybridized carbons (Fsp3) is 0.111. The first-order valence-corrected chi connectivity index (χ1v) is 3.93. The quantitative estimate of drug-likeness (QED) is 0.744. The van der Waals surface area contributed by atoms with Crippen LogP contribution in [-0.2, 0) is 6.54 Å². The van der Waals surface area contributed by atoms with Gasteiger partial charge in [-0.05, 0) is 11.6 Å². The zero-order valence-corrected chi connectivity index (χ0v) is 6.97. The van der Waals surface area contributed by atoms with Crippen LogP contribution in [0.1, 0.15) is 5.56 Å². The van der Waals surface area contributed by atoms with Gasteiger partial charge in [0.25, 0.3) is 0 Å². The van der Waals surface area contributed by atoms with Crippen LogP contribution in [0, 0.1) is 0 Å². The van der Waals surface area contributed by atoms with Gasteiger partial charge in [0.1, 0.15) is 0 Å². The van der Waals surface area contributed by atoms with Crippen molar-refractivity contribution in [3.05, 3.63) is 36.6 Å². The van der Waals surface area contributed by atoms with Gasteiger partial charge >= 0.3 is 0 Å². The van der Waals surface area contributed by atoms with Crippen LogP contribution in [0.25, 0.3) is 11.3 Å². The minimum atomic E-state index is 0.448. The summed E-state index contributed by atoms with van der Waals surface area (Å²) in [4.78, 5) is 7.83. The molecular weight excluding hydrogens is 166 g/mol. The number of nitrogens with two attached hydrogens (primary N) is 1. The topological polar surface area (TPSA) is 64.9 Å². The van der Waals surface area contributed by atoms with E-state index in [1.54, 1.807) is 18.6 Å². The van der Waals surface area contributed by atoms with Crippen molar-refractivity contribution < 1.29 is 4.42 Å². The molecule has 0 aliphatic rings. The zero-order chi connectivity index (χ0) is 9.10. The van der Waals surface area contributed by atoms with E-state index in [1.165, 1.54) is 6.39 Å². The van der Waals surface area contributed by atoms with Crippen molar-refractivity contribution in [2.45, 2.75) is 6.54 Å². The lowest BCUT2D eigenvalue weighted by molar-refractivity contribution is 0.571. The smallest absolute Gasteiger partial charge is 0.181 e. The predicted octanol–water partition coefficient (Wildman–Crippen LogP) is 1.20. The molecule has 0 amide bonds. The molecule has 0 saturated carbocycles. The van der Waals surface area contributed by atoms with Crippen molar-refractivity contribution in [2.24, 2.45) is 5.73 Å². The Hall–Kier alpha value is -1.68. The third-order valence-corrected chi connectivity index (χ3v) is 1.82. The van der Waals surface area contributed by atoms with E-state index in [2.05, 4.69) is 9.97 Å². The molecule has 4 heteroatoms. The molecule has 0 aromatic carbocycles. The molecule has 0 unspecified atom stereocenters. The van der Waals surface area contributed by atoms with E-state index >= 15 is 0 Å². The Bertz CT molecular complexity index is 384. The molecule has 0 fully saturated rings. The molecule has 0 spiro atoms. The minimum Gasteiger partial charge on any atom is -0.444 e. The molecule has 0 saturated heterocycles. The molecule has 2 N–H and O–H groups in total. The second-order valence-electron chi connectivity index (χ2n) is 2.60. The molecule has 2 aromatic rings. The molecule has 4 nitrogen and oxygen atoms in total. The molecule has 2 aromatic heterocycles. The largest absolute Gasteiger partial charge is 0.444 e. The second kappa shape index (κ2) is 3.37. The Kier molecular flexibility index (Phi) is 2.06. The second-order valence-corrected chi connectivity index (χ2v) is 2.60. The lowest BCUT2D eigenvalue weighted by Gasteiger charge is -2.01. The average Bonchev–Trinajstić information content (AvgIpc) is 2.70. The SMILES string of the molecule is NCc1cnccc1-c1cnco1. The molecular formula is C9H9N3O. The van der Waals surface area contributed by atoms with Gasteiger partial charge in [0.15, 0.2) is 12.2 Å². The highest BCUT2D eigenvalue weighted by Gasteiger charge is 2.05. The first kappa shape index (κ1) is 7.94. The fourth-order valence-electron chi connectivity index (χ4n) is 1.18. The molecule has 2 rings (SSSR count). The summed E-state index contributed by atoms with van der Waals surface area (Å²) in [5.41, 5.74) is 7.47. The summed E-state index contributed by atoms with van der Waals surface area (Å²) in [5.74, 6) is 0.725. The fourth-order valence-corrected chi connectivity index (χ4v) is 1.18. The van der Waals surface area contributed by atoms with E-state index in [-0.39, 0.29) is 0 Å². The van der Waals surface area contributed by atoms with Crippen LogP contribution in [0.4, 0.5) is 0 Å². The normalized spacial score (nSPS) is 10.2. The molecule has 2 heterocycles. The zero-order valence-electron chi connectivity index (χ0n) is 6.97. The van der Waals surface area contributed by atoms with Crippen molar-refractivity contribution in [2.75, 3.05) is 0 Å². The first-order chi connectivity index (χ1) is 6.42. The Labute approximate surface area is 75.4 Å². The Balaban J connectivity index is 2.51. The van der Waals surface area contributed by atoms with Crippen molar-refractivity contribution in [1.82, 2.24) is 9.97 Å². The van der Waals surface area contributed by atoms with E-state index in [1.807, 2.05) is 6.07 Å². The Morgan fingerprint density at radius 2 is 2.23 bits per heavy atom. The molecule has 0 aliphatic heterocycles. The Morgan fingerprint density at radius 3 is 2.92 bits per heavy atom. The number of oxazole rings is 1.